The fourth-order valence-electron chi connectivity index (χ4n) is 2.55. The molecule has 0 unspecified atom stereocenters. The molecule has 0 aliphatic heterocycles. The lowest BCUT2D eigenvalue weighted by molar-refractivity contribution is -0.182. The van der Waals surface area contributed by atoms with E-state index in [1.165, 1.54) is 0 Å². The highest BCUT2D eigenvalue weighted by Gasteiger charge is 2.41. The first kappa shape index (κ1) is 16.1. The van der Waals surface area contributed by atoms with Crippen molar-refractivity contribution in [3.63, 3.8) is 0 Å². The van der Waals surface area contributed by atoms with Gasteiger partial charge in [-0.3, -0.25) is 4.79 Å². The lowest BCUT2D eigenvalue weighted by Gasteiger charge is -2.30. The maximum atomic E-state index is 12.6. The molecule has 3 nitrogen and oxygen atoms in total. The fourth-order valence-corrected chi connectivity index (χ4v) is 2.91. The van der Waals surface area contributed by atoms with Gasteiger partial charge in [-0.2, -0.15) is 13.2 Å². The monoisotopic (exact) mass is 364 g/mol. The van der Waals surface area contributed by atoms with E-state index in [1.807, 2.05) is 0 Å². The molecular weight excluding hydrogens is 349 g/mol. The first-order chi connectivity index (χ1) is 9.77. The van der Waals surface area contributed by atoms with Gasteiger partial charge < -0.3 is 11.1 Å². The molecule has 1 aliphatic rings. The Bertz CT molecular complexity index is 525. The molecule has 1 aromatic rings. The number of hydrogen-bond acceptors (Lipinski definition) is 2. The van der Waals surface area contributed by atoms with E-state index in [0.29, 0.717) is 24.1 Å². The summed E-state index contributed by atoms with van der Waals surface area (Å²) in [4.78, 5) is 12.1. The Balaban J connectivity index is 1.94. The number of carbonyl (C=O) groups excluding carboxylic acids is 1. The van der Waals surface area contributed by atoms with E-state index in [4.69, 9.17) is 5.73 Å². The van der Waals surface area contributed by atoms with Gasteiger partial charge in [0.2, 0.25) is 0 Å². The fraction of sp³-hybridized carbons (Fsp3) is 0.500. The van der Waals surface area contributed by atoms with Crippen LogP contribution in [0.1, 0.15) is 36.0 Å². The molecule has 0 spiro atoms. The van der Waals surface area contributed by atoms with Crippen molar-refractivity contribution in [2.24, 2.45) is 5.92 Å². The molecule has 0 radical (unpaired) electrons. The molecule has 0 saturated heterocycles. The predicted molar refractivity (Wildman–Crippen MR) is 77.8 cm³/mol. The van der Waals surface area contributed by atoms with E-state index < -0.39 is 12.1 Å². The van der Waals surface area contributed by atoms with Crippen molar-refractivity contribution in [3.8, 4) is 0 Å². The zero-order valence-corrected chi connectivity index (χ0v) is 12.8. The lowest BCUT2D eigenvalue weighted by Crippen LogP contribution is -2.40. The van der Waals surface area contributed by atoms with Crippen LogP contribution >= 0.6 is 15.9 Å². The topological polar surface area (TPSA) is 55.1 Å². The van der Waals surface area contributed by atoms with Gasteiger partial charge in [0.05, 0.1) is 11.5 Å². The third-order valence-corrected chi connectivity index (χ3v) is 4.28. The van der Waals surface area contributed by atoms with Crippen molar-refractivity contribution in [3.05, 3.63) is 28.2 Å². The van der Waals surface area contributed by atoms with Crippen LogP contribution in [0.5, 0.6) is 0 Å². The Morgan fingerprint density at radius 1 is 1.24 bits per heavy atom. The van der Waals surface area contributed by atoms with Crippen LogP contribution < -0.4 is 11.1 Å². The maximum Gasteiger partial charge on any atom is 0.391 e. The highest BCUT2D eigenvalue weighted by atomic mass is 79.9. The Morgan fingerprint density at radius 2 is 1.86 bits per heavy atom. The van der Waals surface area contributed by atoms with E-state index in [0.717, 1.165) is 4.47 Å². The standard InChI is InChI=1S/C14H16BrF3N2O/c15-9-3-6-12(19)11(7-9)13(21)20-10-4-1-8(2-5-10)14(16,17)18/h3,6-8,10H,1-2,4-5,19H2,(H,20,21). The van der Waals surface area contributed by atoms with Crippen LogP contribution in [0.4, 0.5) is 18.9 Å². The largest absolute Gasteiger partial charge is 0.398 e. The van der Waals surface area contributed by atoms with Crippen molar-refractivity contribution >= 4 is 27.5 Å². The third kappa shape index (κ3) is 4.12. The number of rotatable bonds is 2. The van der Waals surface area contributed by atoms with Crippen molar-refractivity contribution in [1.82, 2.24) is 5.32 Å². The number of nitrogens with two attached hydrogens (primary N) is 1. The Labute approximate surface area is 129 Å². The van der Waals surface area contributed by atoms with Crippen LogP contribution in [0.15, 0.2) is 22.7 Å². The summed E-state index contributed by atoms with van der Waals surface area (Å²) in [6.45, 7) is 0. The number of benzene rings is 1. The zero-order valence-electron chi connectivity index (χ0n) is 11.2. The Morgan fingerprint density at radius 3 is 2.43 bits per heavy atom. The van der Waals surface area contributed by atoms with Crippen LogP contribution in [0.25, 0.3) is 0 Å². The molecule has 1 aromatic carbocycles. The average molecular weight is 365 g/mol. The first-order valence-corrected chi connectivity index (χ1v) is 7.49. The van der Waals surface area contributed by atoms with Crippen LogP contribution in [0.2, 0.25) is 0 Å². The van der Waals surface area contributed by atoms with Gasteiger partial charge in [0.1, 0.15) is 0 Å². The second kappa shape index (κ2) is 6.25. The van der Waals surface area contributed by atoms with Crippen molar-refractivity contribution < 1.29 is 18.0 Å². The van der Waals surface area contributed by atoms with Crippen molar-refractivity contribution in [2.75, 3.05) is 5.73 Å². The lowest BCUT2D eigenvalue weighted by atomic mass is 9.85. The normalized spacial score (nSPS) is 22.9. The van der Waals surface area contributed by atoms with Crippen LogP contribution in [-0.2, 0) is 0 Å². The molecule has 0 heterocycles. The van der Waals surface area contributed by atoms with Gasteiger partial charge in [-0.25, -0.2) is 0 Å². The number of hydrogen-bond donors (Lipinski definition) is 2. The molecule has 21 heavy (non-hydrogen) atoms. The molecule has 1 saturated carbocycles. The predicted octanol–water partition coefficient (Wildman–Crippen LogP) is 3.88. The summed E-state index contributed by atoms with van der Waals surface area (Å²) in [6, 6.07) is 4.71. The number of amides is 1. The van der Waals surface area contributed by atoms with Gasteiger partial charge in [-0.05, 0) is 43.9 Å². The highest BCUT2D eigenvalue weighted by molar-refractivity contribution is 9.10. The molecule has 0 bridgehead atoms. The summed E-state index contributed by atoms with van der Waals surface area (Å²) < 4.78 is 38.5. The van der Waals surface area contributed by atoms with Gasteiger partial charge in [0.15, 0.2) is 0 Å². The van der Waals surface area contributed by atoms with E-state index in [2.05, 4.69) is 21.2 Å². The van der Waals surface area contributed by atoms with E-state index in [-0.39, 0.29) is 24.8 Å². The quantitative estimate of drug-likeness (QED) is 0.782. The second-order valence-electron chi connectivity index (χ2n) is 5.30. The van der Waals surface area contributed by atoms with E-state index in [9.17, 15) is 18.0 Å². The van der Waals surface area contributed by atoms with Crippen molar-refractivity contribution in [1.29, 1.82) is 0 Å². The minimum absolute atomic E-state index is 0.0579. The Hall–Kier alpha value is -1.24. The molecule has 1 aliphatic carbocycles. The summed E-state index contributed by atoms with van der Waals surface area (Å²) in [7, 11) is 0. The minimum Gasteiger partial charge on any atom is -0.398 e. The molecule has 0 atom stereocenters. The number of anilines is 1. The third-order valence-electron chi connectivity index (χ3n) is 3.79. The molecule has 1 fully saturated rings. The molecule has 0 aromatic heterocycles. The summed E-state index contributed by atoms with van der Waals surface area (Å²) in [5, 5.41) is 2.77. The van der Waals surface area contributed by atoms with E-state index in [1.54, 1.807) is 18.2 Å². The van der Waals surface area contributed by atoms with Crippen LogP contribution in [-0.4, -0.2) is 18.1 Å². The molecule has 2 rings (SSSR count). The summed E-state index contributed by atoms with van der Waals surface area (Å²) in [5.74, 6) is -1.59. The number of nitrogens with one attached hydrogen (secondary N) is 1. The van der Waals surface area contributed by atoms with E-state index >= 15 is 0 Å². The zero-order chi connectivity index (χ0) is 15.6. The molecule has 3 N–H and O–H groups in total. The average Bonchev–Trinajstić information content (AvgIpc) is 2.41. The smallest absolute Gasteiger partial charge is 0.391 e. The molecule has 116 valence electrons. The van der Waals surface area contributed by atoms with Gasteiger partial charge in [0, 0.05) is 16.2 Å². The number of halogens is 4. The molecule has 7 heteroatoms. The summed E-state index contributed by atoms with van der Waals surface area (Å²) in [5.41, 5.74) is 6.43. The number of carbonyl (C=O) groups is 1. The van der Waals surface area contributed by atoms with Crippen LogP contribution in [0.3, 0.4) is 0 Å². The number of nitrogen functional groups attached to an aromatic ring is 1. The van der Waals surface area contributed by atoms with Gasteiger partial charge >= 0.3 is 6.18 Å². The van der Waals surface area contributed by atoms with Crippen molar-refractivity contribution in [2.45, 2.75) is 37.9 Å². The van der Waals surface area contributed by atoms with Gasteiger partial charge in [-0.1, -0.05) is 15.9 Å². The summed E-state index contributed by atoms with van der Waals surface area (Å²) >= 11 is 3.26. The number of alkyl halides is 3. The Kier molecular flexibility index (Phi) is 4.81. The maximum absolute atomic E-state index is 12.6. The highest BCUT2D eigenvalue weighted by Crippen LogP contribution is 2.37. The van der Waals surface area contributed by atoms with Gasteiger partial charge in [-0.15, -0.1) is 0 Å². The SMILES string of the molecule is Nc1ccc(Br)cc1C(=O)NC1CCC(C(F)(F)F)CC1. The van der Waals surface area contributed by atoms with Crippen LogP contribution in [0, 0.1) is 5.92 Å². The molecule has 1 amide bonds. The molecular formula is C14H16BrF3N2O. The van der Waals surface area contributed by atoms with Gasteiger partial charge in [0.25, 0.3) is 5.91 Å². The summed E-state index contributed by atoms with van der Waals surface area (Å²) in [6.07, 6.45) is -3.35. The first-order valence-electron chi connectivity index (χ1n) is 6.70. The second-order valence-corrected chi connectivity index (χ2v) is 6.21. The minimum atomic E-state index is -4.14.